The molecule has 0 bridgehead atoms. The summed E-state index contributed by atoms with van der Waals surface area (Å²) in [4.78, 5) is 4.24. The molecule has 1 N–H and O–H groups in total. The van der Waals surface area contributed by atoms with Crippen LogP contribution in [0.25, 0.3) is 10.8 Å². The molecule has 0 spiro atoms. The molecule has 1 aliphatic heterocycles. The van der Waals surface area contributed by atoms with Crippen LogP contribution in [-0.4, -0.2) is 23.3 Å². The number of aliphatic hydroxyl groups excluding tert-OH is 1. The van der Waals surface area contributed by atoms with E-state index < -0.39 is 0 Å². The number of ether oxygens (including phenoxy) is 1. The number of pyridine rings is 1. The second kappa shape index (κ2) is 5.04. The molecule has 0 saturated carbocycles. The van der Waals surface area contributed by atoms with Gasteiger partial charge >= 0.3 is 0 Å². The van der Waals surface area contributed by atoms with Crippen LogP contribution in [0.3, 0.4) is 0 Å². The van der Waals surface area contributed by atoms with E-state index in [0.717, 1.165) is 42.5 Å². The molecule has 18 heavy (non-hydrogen) atoms. The van der Waals surface area contributed by atoms with E-state index in [1.54, 1.807) is 0 Å². The monoisotopic (exact) mass is 243 g/mol. The highest BCUT2D eigenvalue weighted by molar-refractivity contribution is 5.82. The Morgan fingerprint density at radius 2 is 2.00 bits per heavy atom. The molecule has 2 heterocycles. The third kappa shape index (κ3) is 2.24. The minimum Gasteiger partial charge on any atom is -0.390 e. The number of aliphatic hydroxyl groups is 1. The molecule has 0 unspecified atom stereocenters. The van der Waals surface area contributed by atoms with Gasteiger partial charge in [-0.1, -0.05) is 12.1 Å². The highest BCUT2D eigenvalue weighted by Crippen LogP contribution is 2.29. The van der Waals surface area contributed by atoms with Gasteiger partial charge in [0.1, 0.15) is 0 Å². The first-order valence-electron chi connectivity index (χ1n) is 6.44. The molecule has 2 aromatic rings. The summed E-state index contributed by atoms with van der Waals surface area (Å²) in [6.07, 6.45) is 4.06. The molecule has 0 aliphatic carbocycles. The average molecular weight is 243 g/mol. The smallest absolute Gasteiger partial charge is 0.0853 e. The van der Waals surface area contributed by atoms with Crippen molar-refractivity contribution in [1.82, 2.24) is 4.98 Å². The van der Waals surface area contributed by atoms with Crippen LogP contribution >= 0.6 is 0 Å². The van der Waals surface area contributed by atoms with E-state index in [9.17, 15) is 0 Å². The average Bonchev–Trinajstić information content (AvgIpc) is 2.47. The van der Waals surface area contributed by atoms with Gasteiger partial charge in [-0.2, -0.15) is 0 Å². The molecular weight excluding hydrogens is 226 g/mol. The van der Waals surface area contributed by atoms with Crippen molar-refractivity contribution in [3.63, 3.8) is 0 Å². The van der Waals surface area contributed by atoms with Gasteiger partial charge in [-0.15, -0.1) is 0 Å². The zero-order valence-electron chi connectivity index (χ0n) is 10.3. The maximum absolute atomic E-state index is 9.08. The maximum Gasteiger partial charge on any atom is 0.0853 e. The van der Waals surface area contributed by atoms with Gasteiger partial charge < -0.3 is 9.84 Å². The Morgan fingerprint density at radius 1 is 1.17 bits per heavy atom. The lowest BCUT2D eigenvalue weighted by molar-refractivity contribution is 0.0853. The molecule has 3 heteroatoms. The first kappa shape index (κ1) is 11.6. The van der Waals surface area contributed by atoms with Crippen molar-refractivity contribution < 1.29 is 9.84 Å². The Hall–Kier alpha value is -1.45. The topological polar surface area (TPSA) is 42.4 Å². The number of nitrogens with zero attached hydrogens (tertiary/aromatic N) is 1. The number of hydrogen-bond donors (Lipinski definition) is 1. The number of aromatic nitrogens is 1. The molecule has 3 nitrogen and oxygen atoms in total. The molecule has 1 fully saturated rings. The Morgan fingerprint density at radius 3 is 2.78 bits per heavy atom. The van der Waals surface area contributed by atoms with Gasteiger partial charge in [-0.25, -0.2) is 0 Å². The van der Waals surface area contributed by atoms with Gasteiger partial charge in [0, 0.05) is 24.8 Å². The third-order valence-electron chi connectivity index (χ3n) is 3.66. The van der Waals surface area contributed by atoms with E-state index in [0.29, 0.717) is 5.92 Å². The molecule has 1 saturated heterocycles. The molecule has 0 amide bonds. The van der Waals surface area contributed by atoms with Gasteiger partial charge in [-0.05, 0) is 41.8 Å². The van der Waals surface area contributed by atoms with Crippen molar-refractivity contribution in [2.45, 2.75) is 25.4 Å². The van der Waals surface area contributed by atoms with E-state index in [1.807, 2.05) is 12.3 Å². The highest BCUT2D eigenvalue weighted by atomic mass is 16.5. The maximum atomic E-state index is 9.08. The highest BCUT2D eigenvalue weighted by Gasteiger charge is 2.15. The first-order chi connectivity index (χ1) is 8.86. The zero-order valence-corrected chi connectivity index (χ0v) is 10.3. The van der Waals surface area contributed by atoms with E-state index in [2.05, 4.69) is 23.2 Å². The number of benzene rings is 1. The van der Waals surface area contributed by atoms with E-state index in [-0.39, 0.29) is 6.61 Å². The zero-order chi connectivity index (χ0) is 12.4. The van der Waals surface area contributed by atoms with E-state index >= 15 is 0 Å². The standard InChI is InChI=1S/C15H17NO2/c17-10-15-8-13-2-1-12(7-14(13)9-16-15)11-3-5-18-6-4-11/h1-2,7-9,11,17H,3-6,10H2. The first-order valence-corrected chi connectivity index (χ1v) is 6.44. The van der Waals surface area contributed by atoms with E-state index in [1.165, 1.54) is 5.56 Å². The van der Waals surface area contributed by atoms with Crippen LogP contribution in [-0.2, 0) is 11.3 Å². The normalized spacial score (nSPS) is 17.2. The van der Waals surface area contributed by atoms with Crippen LogP contribution in [0, 0.1) is 0 Å². The predicted molar refractivity (Wildman–Crippen MR) is 70.5 cm³/mol. The van der Waals surface area contributed by atoms with Crippen LogP contribution in [0.5, 0.6) is 0 Å². The van der Waals surface area contributed by atoms with Gasteiger partial charge in [0.05, 0.1) is 12.3 Å². The molecule has 1 aromatic carbocycles. The molecule has 1 aromatic heterocycles. The Labute approximate surface area is 106 Å². The minimum absolute atomic E-state index is 0.00233. The SMILES string of the molecule is OCc1cc2ccc(C3CCOCC3)cc2cn1. The van der Waals surface area contributed by atoms with Gasteiger partial charge in [0.2, 0.25) is 0 Å². The summed E-state index contributed by atoms with van der Waals surface area (Å²) in [5.74, 6) is 0.612. The van der Waals surface area contributed by atoms with Crippen LogP contribution < -0.4 is 0 Å². The number of rotatable bonds is 2. The second-order valence-electron chi connectivity index (χ2n) is 4.83. The van der Waals surface area contributed by atoms with Gasteiger partial charge in [0.15, 0.2) is 0 Å². The van der Waals surface area contributed by atoms with Crippen molar-refractivity contribution in [1.29, 1.82) is 0 Å². The molecule has 0 atom stereocenters. The summed E-state index contributed by atoms with van der Waals surface area (Å²) in [5, 5.41) is 11.4. The van der Waals surface area contributed by atoms with Crippen molar-refractivity contribution >= 4 is 10.8 Å². The largest absolute Gasteiger partial charge is 0.390 e. The number of hydrogen-bond acceptors (Lipinski definition) is 3. The fraction of sp³-hybridized carbons (Fsp3) is 0.400. The Bertz CT molecular complexity index is 547. The summed E-state index contributed by atoms with van der Waals surface area (Å²) >= 11 is 0. The molecular formula is C15H17NO2. The summed E-state index contributed by atoms with van der Waals surface area (Å²) in [7, 11) is 0. The fourth-order valence-corrected chi connectivity index (χ4v) is 2.58. The van der Waals surface area contributed by atoms with Gasteiger partial charge in [-0.3, -0.25) is 4.98 Å². The van der Waals surface area contributed by atoms with E-state index in [4.69, 9.17) is 9.84 Å². The Kier molecular flexibility index (Phi) is 3.26. The van der Waals surface area contributed by atoms with Crippen molar-refractivity contribution in [2.75, 3.05) is 13.2 Å². The summed E-state index contributed by atoms with van der Waals surface area (Å²) < 4.78 is 5.40. The van der Waals surface area contributed by atoms with Crippen LogP contribution in [0.1, 0.15) is 30.0 Å². The minimum atomic E-state index is -0.00233. The summed E-state index contributed by atoms with van der Waals surface area (Å²) in [5.41, 5.74) is 2.10. The summed E-state index contributed by atoms with van der Waals surface area (Å²) in [6, 6.07) is 8.49. The van der Waals surface area contributed by atoms with Crippen LogP contribution in [0.4, 0.5) is 0 Å². The van der Waals surface area contributed by atoms with Crippen LogP contribution in [0.2, 0.25) is 0 Å². The fourth-order valence-electron chi connectivity index (χ4n) is 2.58. The van der Waals surface area contributed by atoms with Crippen LogP contribution in [0.15, 0.2) is 30.5 Å². The predicted octanol–water partition coefficient (Wildman–Crippen LogP) is 2.62. The molecule has 0 radical (unpaired) electrons. The number of fused-ring (bicyclic) bond motifs is 1. The lowest BCUT2D eigenvalue weighted by Crippen LogP contribution is -2.13. The summed E-state index contributed by atoms with van der Waals surface area (Å²) in [6.45, 7) is 1.73. The van der Waals surface area contributed by atoms with Crippen molar-refractivity contribution in [3.05, 3.63) is 41.7 Å². The Balaban J connectivity index is 1.95. The third-order valence-corrected chi connectivity index (χ3v) is 3.66. The van der Waals surface area contributed by atoms with Crippen molar-refractivity contribution in [3.8, 4) is 0 Å². The van der Waals surface area contributed by atoms with Crippen molar-refractivity contribution in [2.24, 2.45) is 0 Å². The second-order valence-corrected chi connectivity index (χ2v) is 4.83. The quantitative estimate of drug-likeness (QED) is 0.881. The van der Waals surface area contributed by atoms with Gasteiger partial charge in [0.25, 0.3) is 0 Å². The lowest BCUT2D eigenvalue weighted by Gasteiger charge is -2.22. The molecule has 1 aliphatic rings. The molecule has 94 valence electrons. The molecule has 3 rings (SSSR count). The lowest BCUT2D eigenvalue weighted by atomic mass is 9.90.